The zero-order chi connectivity index (χ0) is 43.1. The molecule has 62 heavy (non-hydrogen) atoms. The van der Waals surface area contributed by atoms with Crippen molar-refractivity contribution in [1.29, 1.82) is 0 Å². The first kappa shape index (κ1) is 40.8. The number of hydrogen-bond donors (Lipinski definition) is 2. The molecule has 2 N–H and O–H groups in total. The quantitative estimate of drug-likeness (QED) is 0.159. The van der Waals surface area contributed by atoms with Crippen LogP contribution in [0.5, 0.6) is 0 Å². The summed E-state index contributed by atoms with van der Waals surface area (Å²) < 4.78 is 0. The lowest BCUT2D eigenvalue weighted by molar-refractivity contribution is 1.05. The van der Waals surface area contributed by atoms with E-state index < -0.39 is 0 Å². The summed E-state index contributed by atoms with van der Waals surface area (Å²) in [6, 6.07) is 25.0. The van der Waals surface area contributed by atoms with Gasteiger partial charge in [-0.1, -0.05) is 79.7 Å². The standard InChI is InChI=1S/C54H56N8/c1-9-31-35(13-5)51-43-25-17-21-39(55-43)40-22-18-27-45(56-40)53-37(15-7)33(11-3)49(61-53)30-50-34(12-4)38(16-8)54(62-50)46-28-20-24-42(58-46)41-23-19-26-44(57-41)52-36(14-6)32(10-2)48(60-52)29-47(31)59-51/h17-30,59,61H,9-16H2,1-8H3. The Morgan fingerprint density at radius 2 is 0.645 bits per heavy atom. The first-order valence-corrected chi connectivity index (χ1v) is 22.8. The third-order valence-corrected chi connectivity index (χ3v) is 12.8. The summed E-state index contributed by atoms with van der Waals surface area (Å²) in [6.45, 7) is 17.8. The summed E-state index contributed by atoms with van der Waals surface area (Å²) in [5, 5.41) is 0. The Hall–Kier alpha value is -6.54. The van der Waals surface area contributed by atoms with Crippen LogP contribution in [-0.2, 0) is 25.7 Å². The van der Waals surface area contributed by atoms with Crippen molar-refractivity contribution in [1.82, 2.24) is 29.9 Å². The van der Waals surface area contributed by atoms with Crippen molar-refractivity contribution in [2.75, 3.05) is 0 Å². The molecular weight excluding hydrogens is 761 g/mol. The number of H-pyrrole nitrogens is 2. The van der Waals surface area contributed by atoms with Gasteiger partial charge >= 0.3 is 0 Å². The molecule has 0 fully saturated rings. The summed E-state index contributed by atoms with van der Waals surface area (Å²) in [5.41, 5.74) is 25.1. The highest BCUT2D eigenvalue weighted by Gasteiger charge is 2.28. The maximum Gasteiger partial charge on any atom is 0.0929 e. The molecule has 9 rings (SSSR count). The number of nitrogens with one attached hydrogen (secondary N) is 2. The van der Waals surface area contributed by atoms with Crippen molar-refractivity contribution < 1.29 is 0 Å². The highest BCUT2D eigenvalue weighted by atomic mass is 14.9. The van der Waals surface area contributed by atoms with E-state index >= 15 is 0 Å². The lowest BCUT2D eigenvalue weighted by Crippen LogP contribution is -2.08. The summed E-state index contributed by atoms with van der Waals surface area (Å²) in [7, 11) is 0. The van der Waals surface area contributed by atoms with Gasteiger partial charge in [0.15, 0.2) is 0 Å². The van der Waals surface area contributed by atoms with Crippen molar-refractivity contribution in [3.63, 3.8) is 0 Å². The van der Waals surface area contributed by atoms with Crippen LogP contribution in [0.3, 0.4) is 0 Å². The topological polar surface area (TPSA) is 108 Å². The van der Waals surface area contributed by atoms with E-state index in [1.165, 1.54) is 44.5 Å². The molecule has 0 spiro atoms. The van der Waals surface area contributed by atoms with Crippen molar-refractivity contribution in [3.8, 4) is 45.6 Å². The molecule has 8 heteroatoms. The van der Waals surface area contributed by atoms with Gasteiger partial charge in [-0.15, -0.1) is 0 Å². The zero-order valence-electron chi connectivity index (χ0n) is 37.4. The van der Waals surface area contributed by atoms with Crippen LogP contribution in [0.2, 0.25) is 0 Å². The highest BCUT2D eigenvalue weighted by Crippen LogP contribution is 2.39. The van der Waals surface area contributed by atoms with Gasteiger partial charge in [0.05, 0.1) is 79.8 Å². The van der Waals surface area contributed by atoms with Gasteiger partial charge in [0.2, 0.25) is 0 Å². The van der Waals surface area contributed by atoms with Crippen LogP contribution >= 0.6 is 0 Å². The number of pyridine rings is 4. The van der Waals surface area contributed by atoms with Crippen LogP contribution < -0.4 is 0 Å². The van der Waals surface area contributed by atoms with Crippen LogP contribution in [0, 0.1) is 0 Å². The second-order valence-electron chi connectivity index (χ2n) is 16.1. The van der Waals surface area contributed by atoms with Gasteiger partial charge in [0.25, 0.3) is 0 Å². The summed E-state index contributed by atoms with van der Waals surface area (Å²) >= 11 is 0. The molecule has 0 unspecified atom stereocenters. The molecule has 0 saturated carbocycles. The number of hydrogen-bond acceptors (Lipinski definition) is 6. The van der Waals surface area contributed by atoms with Crippen LogP contribution in [0.1, 0.15) is 126 Å². The molecule has 3 aliphatic rings. The molecular formula is C54H56N8. The Balaban J connectivity index is 1.30. The van der Waals surface area contributed by atoms with E-state index in [1.54, 1.807) is 0 Å². The fraction of sp³-hybridized carbons (Fsp3) is 0.296. The molecule has 16 bridgehead atoms. The van der Waals surface area contributed by atoms with Crippen LogP contribution in [-0.4, -0.2) is 41.3 Å². The maximum absolute atomic E-state index is 5.39. The third kappa shape index (κ3) is 6.95. The first-order chi connectivity index (χ1) is 30.4. The second kappa shape index (κ2) is 17.1. The van der Waals surface area contributed by atoms with Gasteiger partial charge in [-0.3, -0.25) is 0 Å². The van der Waals surface area contributed by atoms with Crippen molar-refractivity contribution >= 4 is 23.6 Å². The predicted molar refractivity (Wildman–Crippen MR) is 256 cm³/mol. The molecule has 8 nitrogen and oxygen atoms in total. The molecule has 0 radical (unpaired) electrons. The summed E-state index contributed by atoms with van der Waals surface area (Å²) in [4.78, 5) is 39.6. The van der Waals surface area contributed by atoms with Gasteiger partial charge in [-0.2, -0.15) is 0 Å². The van der Waals surface area contributed by atoms with Crippen molar-refractivity contribution in [2.24, 2.45) is 9.98 Å². The monoisotopic (exact) mass is 816 g/mol. The Morgan fingerprint density at radius 3 is 0.968 bits per heavy atom. The SMILES string of the molecule is CCC1=C(CC)C2=NC1=Cc1[nH]c(c(CC)c1CC)-c1cccc(n1)-c1cccc(n1)-c1[nH]c(c(CC)c1CC)C=C1N=C(C(CC)=C1CC)c1cccc(n1)-c1cccc2n1. The van der Waals surface area contributed by atoms with Crippen molar-refractivity contribution in [2.45, 2.75) is 107 Å². The number of aliphatic imine (C=N–C) groups is 2. The molecule has 0 amide bonds. The van der Waals surface area contributed by atoms with E-state index in [-0.39, 0.29) is 0 Å². The van der Waals surface area contributed by atoms with Crippen LogP contribution in [0.4, 0.5) is 0 Å². The molecule has 0 saturated heterocycles. The first-order valence-electron chi connectivity index (χ1n) is 22.8. The number of fused-ring (bicyclic) bond motifs is 20. The van der Waals surface area contributed by atoms with E-state index in [4.69, 9.17) is 29.9 Å². The minimum Gasteiger partial charge on any atom is -0.353 e. The predicted octanol–water partition coefficient (Wildman–Crippen LogP) is 13.1. The fourth-order valence-electron chi connectivity index (χ4n) is 9.91. The minimum absolute atomic E-state index is 0.812. The van der Waals surface area contributed by atoms with Gasteiger partial charge in [-0.05, 0) is 157 Å². The number of aromatic nitrogens is 6. The van der Waals surface area contributed by atoms with Crippen LogP contribution in [0.15, 0.2) is 116 Å². The molecule has 0 atom stereocenters. The second-order valence-corrected chi connectivity index (χ2v) is 16.1. The number of rotatable bonds is 8. The fourth-order valence-corrected chi connectivity index (χ4v) is 9.91. The normalized spacial score (nSPS) is 14.6. The average molecular weight is 817 g/mol. The number of nitrogens with zero attached hydrogens (tertiary/aromatic N) is 6. The molecule has 3 aliphatic heterocycles. The molecule has 9 heterocycles. The van der Waals surface area contributed by atoms with E-state index in [9.17, 15) is 0 Å². The van der Waals surface area contributed by atoms with E-state index in [0.717, 1.165) is 143 Å². The summed E-state index contributed by atoms with van der Waals surface area (Å²) in [6.07, 6.45) is 11.5. The summed E-state index contributed by atoms with van der Waals surface area (Å²) in [5.74, 6) is 0. The largest absolute Gasteiger partial charge is 0.353 e. The van der Waals surface area contributed by atoms with Gasteiger partial charge in [0.1, 0.15) is 0 Å². The third-order valence-electron chi connectivity index (χ3n) is 12.8. The average Bonchev–Trinajstić information content (AvgIpc) is 4.08. The molecule has 312 valence electrons. The Bertz CT molecular complexity index is 2740. The molecule has 6 aromatic rings. The van der Waals surface area contributed by atoms with Gasteiger partial charge < -0.3 is 9.97 Å². The number of aromatic amines is 2. The Labute approximate surface area is 366 Å². The van der Waals surface area contributed by atoms with Crippen molar-refractivity contribution in [3.05, 3.63) is 152 Å². The lowest BCUT2D eigenvalue weighted by Gasteiger charge is -2.10. The van der Waals surface area contributed by atoms with E-state index in [1.807, 2.05) is 0 Å². The molecule has 0 aromatic carbocycles. The van der Waals surface area contributed by atoms with Crippen LogP contribution in [0.25, 0.3) is 57.7 Å². The lowest BCUT2D eigenvalue weighted by atomic mass is 9.96. The van der Waals surface area contributed by atoms with Gasteiger partial charge in [0, 0.05) is 11.4 Å². The number of allylic oxidation sites excluding steroid dienone is 4. The van der Waals surface area contributed by atoms with Gasteiger partial charge in [-0.25, -0.2) is 29.9 Å². The highest BCUT2D eigenvalue weighted by molar-refractivity contribution is 6.16. The maximum atomic E-state index is 5.39. The van der Waals surface area contributed by atoms with E-state index in [0.29, 0.717) is 0 Å². The molecule has 6 aromatic heterocycles. The Kier molecular flexibility index (Phi) is 11.3. The van der Waals surface area contributed by atoms with E-state index in [2.05, 4.69) is 150 Å². The minimum atomic E-state index is 0.812. The smallest absolute Gasteiger partial charge is 0.0929 e. The molecule has 0 aliphatic carbocycles. The zero-order valence-corrected chi connectivity index (χ0v) is 37.4. The Morgan fingerprint density at radius 1 is 0.339 bits per heavy atom.